The van der Waals surface area contributed by atoms with Crippen molar-refractivity contribution in [1.82, 2.24) is 4.90 Å². The lowest BCUT2D eigenvalue weighted by molar-refractivity contribution is -0.133. The van der Waals surface area contributed by atoms with Crippen molar-refractivity contribution in [2.24, 2.45) is 5.73 Å². The molecule has 1 aromatic rings. The summed E-state index contributed by atoms with van der Waals surface area (Å²) in [6, 6.07) is 5.93. The van der Waals surface area contributed by atoms with Crippen molar-refractivity contribution in [3.8, 4) is 5.75 Å². The highest BCUT2D eigenvalue weighted by Gasteiger charge is 2.14. The van der Waals surface area contributed by atoms with E-state index in [9.17, 15) is 4.79 Å². The molecule has 0 saturated heterocycles. The number of hydrogen-bond acceptors (Lipinski definition) is 3. The highest BCUT2D eigenvalue weighted by atomic mass is 32.1. The van der Waals surface area contributed by atoms with E-state index in [1.807, 2.05) is 39.0 Å². The maximum absolute atomic E-state index is 12.3. The van der Waals surface area contributed by atoms with Gasteiger partial charge in [0.15, 0.2) is 6.61 Å². The number of nitrogens with two attached hydrogens (primary N) is 1. The average molecular weight is 308 g/mol. The Labute approximate surface area is 132 Å². The number of ether oxygens (including phenoxy) is 1. The fraction of sp³-hybridized carbons (Fsp3) is 0.500. The molecule has 21 heavy (non-hydrogen) atoms. The number of amides is 1. The van der Waals surface area contributed by atoms with E-state index in [0.717, 1.165) is 23.3 Å². The van der Waals surface area contributed by atoms with Gasteiger partial charge < -0.3 is 15.4 Å². The third-order valence-electron chi connectivity index (χ3n) is 3.22. The predicted molar refractivity (Wildman–Crippen MR) is 89.7 cm³/mol. The number of thiocarbonyl (C=S) groups is 1. The highest BCUT2D eigenvalue weighted by Crippen LogP contribution is 2.22. The van der Waals surface area contributed by atoms with Gasteiger partial charge in [-0.3, -0.25) is 4.79 Å². The summed E-state index contributed by atoms with van der Waals surface area (Å²) >= 11 is 4.87. The molecule has 1 aromatic carbocycles. The Balaban J connectivity index is 2.62. The fourth-order valence-corrected chi connectivity index (χ4v) is 2.22. The van der Waals surface area contributed by atoms with Crippen LogP contribution in [0.25, 0.3) is 0 Å². The van der Waals surface area contributed by atoms with Crippen molar-refractivity contribution >= 4 is 23.1 Å². The lowest BCUT2D eigenvalue weighted by Gasteiger charge is -2.22. The second-order valence-corrected chi connectivity index (χ2v) is 5.63. The fourth-order valence-electron chi connectivity index (χ4n) is 2.13. The monoisotopic (exact) mass is 308 g/mol. The molecule has 0 aliphatic heterocycles. The number of nitrogens with zero attached hydrogens (tertiary/aromatic N) is 1. The molecule has 0 bridgehead atoms. The van der Waals surface area contributed by atoms with Gasteiger partial charge >= 0.3 is 0 Å². The Morgan fingerprint density at radius 1 is 1.29 bits per heavy atom. The molecule has 0 aliphatic carbocycles. The largest absolute Gasteiger partial charge is 0.483 e. The summed E-state index contributed by atoms with van der Waals surface area (Å²) in [6.45, 7) is 7.28. The van der Waals surface area contributed by atoms with Crippen molar-refractivity contribution in [3.05, 3.63) is 29.3 Å². The minimum absolute atomic E-state index is 0.0317. The Morgan fingerprint density at radius 3 is 2.43 bits per heavy atom. The van der Waals surface area contributed by atoms with Gasteiger partial charge in [-0.15, -0.1) is 0 Å². The summed E-state index contributed by atoms with van der Waals surface area (Å²) < 4.78 is 5.71. The van der Waals surface area contributed by atoms with Crippen LogP contribution in [0, 0.1) is 13.8 Å². The lowest BCUT2D eigenvalue weighted by atomic mass is 10.1. The molecule has 0 atom stereocenters. The molecule has 0 saturated carbocycles. The molecule has 2 N–H and O–H groups in total. The topological polar surface area (TPSA) is 55.6 Å². The van der Waals surface area contributed by atoms with E-state index < -0.39 is 0 Å². The number of hydrogen-bond donors (Lipinski definition) is 1. The lowest BCUT2D eigenvalue weighted by Crippen LogP contribution is -2.37. The summed E-state index contributed by atoms with van der Waals surface area (Å²) in [6.07, 6.45) is 1.44. The molecule has 0 fully saturated rings. The summed E-state index contributed by atoms with van der Waals surface area (Å²) in [5, 5.41) is 0. The maximum Gasteiger partial charge on any atom is 0.260 e. The summed E-state index contributed by atoms with van der Waals surface area (Å²) in [7, 11) is 0. The highest BCUT2D eigenvalue weighted by molar-refractivity contribution is 7.80. The standard InChI is InChI=1S/C16H24N2O2S/c1-4-9-18(10-8-14(17)21)15(19)11-20-16-12(2)6-5-7-13(16)3/h5-7H,4,8-11H2,1-3H3,(H2,17,21). The van der Waals surface area contributed by atoms with Crippen molar-refractivity contribution in [1.29, 1.82) is 0 Å². The third-order valence-corrected chi connectivity index (χ3v) is 3.43. The van der Waals surface area contributed by atoms with E-state index >= 15 is 0 Å². The molecule has 5 heteroatoms. The van der Waals surface area contributed by atoms with E-state index in [-0.39, 0.29) is 12.5 Å². The van der Waals surface area contributed by atoms with Gasteiger partial charge in [-0.25, -0.2) is 0 Å². The zero-order valence-electron chi connectivity index (χ0n) is 13.0. The summed E-state index contributed by atoms with van der Waals surface area (Å²) in [5.41, 5.74) is 7.57. The number of para-hydroxylation sites is 1. The number of aryl methyl sites for hydroxylation is 2. The van der Waals surface area contributed by atoms with Crippen molar-refractivity contribution in [3.63, 3.8) is 0 Å². The first-order chi connectivity index (χ1) is 9.95. The molecule has 0 heterocycles. The first kappa shape index (κ1) is 17.4. The van der Waals surface area contributed by atoms with Crippen molar-refractivity contribution in [2.75, 3.05) is 19.7 Å². The van der Waals surface area contributed by atoms with E-state index in [1.165, 1.54) is 0 Å². The first-order valence-corrected chi connectivity index (χ1v) is 7.61. The van der Waals surface area contributed by atoms with Crippen molar-refractivity contribution in [2.45, 2.75) is 33.6 Å². The van der Waals surface area contributed by atoms with Gasteiger partial charge in [-0.2, -0.15) is 0 Å². The zero-order chi connectivity index (χ0) is 15.8. The van der Waals surface area contributed by atoms with E-state index in [2.05, 4.69) is 0 Å². The van der Waals surface area contributed by atoms with Gasteiger partial charge in [0.25, 0.3) is 5.91 Å². The molecular formula is C16H24N2O2S. The molecular weight excluding hydrogens is 284 g/mol. The van der Waals surface area contributed by atoms with Crippen LogP contribution in [0.4, 0.5) is 0 Å². The van der Waals surface area contributed by atoms with Gasteiger partial charge in [0.1, 0.15) is 5.75 Å². The first-order valence-electron chi connectivity index (χ1n) is 7.20. The molecule has 0 unspecified atom stereocenters. The van der Waals surface area contributed by atoms with Crippen LogP contribution < -0.4 is 10.5 Å². The van der Waals surface area contributed by atoms with Gasteiger partial charge in [0, 0.05) is 19.5 Å². The van der Waals surface area contributed by atoms with Crippen LogP contribution in [0.2, 0.25) is 0 Å². The molecule has 116 valence electrons. The molecule has 0 aromatic heterocycles. The summed E-state index contributed by atoms with van der Waals surface area (Å²) in [4.78, 5) is 14.4. The number of benzene rings is 1. The van der Waals surface area contributed by atoms with E-state index in [0.29, 0.717) is 24.5 Å². The van der Waals surface area contributed by atoms with Gasteiger partial charge in [0.05, 0.1) is 4.99 Å². The van der Waals surface area contributed by atoms with Crippen molar-refractivity contribution < 1.29 is 9.53 Å². The van der Waals surface area contributed by atoms with Gasteiger partial charge in [-0.05, 0) is 31.4 Å². The van der Waals surface area contributed by atoms with Crippen LogP contribution in [0.5, 0.6) is 5.75 Å². The molecule has 1 rings (SSSR count). The molecule has 0 spiro atoms. The maximum atomic E-state index is 12.3. The number of rotatable bonds is 8. The van der Waals surface area contributed by atoms with Crippen LogP contribution in [0.15, 0.2) is 18.2 Å². The van der Waals surface area contributed by atoms with Crippen LogP contribution in [0.3, 0.4) is 0 Å². The number of carbonyl (C=O) groups is 1. The van der Waals surface area contributed by atoms with Gasteiger partial charge in [-0.1, -0.05) is 37.3 Å². The van der Waals surface area contributed by atoms with Crippen LogP contribution in [-0.2, 0) is 4.79 Å². The molecule has 0 aliphatic rings. The minimum atomic E-state index is -0.0317. The van der Waals surface area contributed by atoms with E-state index in [4.69, 9.17) is 22.7 Å². The molecule has 0 radical (unpaired) electrons. The Bertz CT molecular complexity index is 483. The minimum Gasteiger partial charge on any atom is -0.483 e. The second kappa shape index (κ2) is 8.62. The zero-order valence-corrected chi connectivity index (χ0v) is 13.8. The Kier molecular flexibility index (Phi) is 7.15. The van der Waals surface area contributed by atoms with Crippen LogP contribution >= 0.6 is 12.2 Å². The average Bonchev–Trinajstić information content (AvgIpc) is 2.42. The van der Waals surface area contributed by atoms with Gasteiger partial charge in [0.2, 0.25) is 0 Å². The summed E-state index contributed by atoms with van der Waals surface area (Å²) in [5.74, 6) is 0.757. The normalized spacial score (nSPS) is 10.2. The van der Waals surface area contributed by atoms with Crippen LogP contribution in [-0.4, -0.2) is 35.5 Å². The Morgan fingerprint density at radius 2 is 1.90 bits per heavy atom. The second-order valence-electron chi connectivity index (χ2n) is 5.11. The molecule has 4 nitrogen and oxygen atoms in total. The smallest absolute Gasteiger partial charge is 0.260 e. The number of carbonyl (C=O) groups excluding carboxylic acids is 1. The predicted octanol–water partition coefficient (Wildman–Crippen LogP) is 2.60. The molecule has 1 amide bonds. The third kappa shape index (κ3) is 5.71. The quantitative estimate of drug-likeness (QED) is 0.750. The Hall–Kier alpha value is -1.62. The SMILES string of the molecule is CCCN(CCC(N)=S)C(=O)COc1c(C)cccc1C. The van der Waals surface area contributed by atoms with Crippen LogP contribution in [0.1, 0.15) is 30.9 Å². The van der Waals surface area contributed by atoms with E-state index in [1.54, 1.807) is 4.90 Å².